The molecule has 0 spiro atoms. The monoisotopic (exact) mass is 337 g/mol. The maximum absolute atomic E-state index is 13.6. The Kier molecular flexibility index (Phi) is 8.55. The van der Waals surface area contributed by atoms with Crippen molar-refractivity contribution in [1.29, 1.82) is 0 Å². The third kappa shape index (κ3) is 6.84. The van der Waals surface area contributed by atoms with Crippen LogP contribution < -0.4 is 10.6 Å². The highest BCUT2D eigenvalue weighted by Gasteiger charge is 2.15. The van der Waals surface area contributed by atoms with Crippen LogP contribution in [0.25, 0.3) is 0 Å². The van der Waals surface area contributed by atoms with Gasteiger partial charge < -0.3 is 20.1 Å². The molecular weight excluding hydrogens is 309 g/mol. The zero-order valence-corrected chi connectivity index (χ0v) is 14.4. The van der Waals surface area contributed by atoms with E-state index >= 15 is 0 Å². The molecule has 1 atom stereocenters. The van der Waals surface area contributed by atoms with Crippen LogP contribution in [0.1, 0.15) is 25.3 Å². The van der Waals surface area contributed by atoms with Gasteiger partial charge >= 0.3 is 0 Å². The molecule has 134 valence electrons. The zero-order chi connectivity index (χ0) is 17.0. The highest BCUT2D eigenvalue weighted by atomic mass is 19.1. The van der Waals surface area contributed by atoms with E-state index in [1.54, 1.807) is 6.07 Å². The van der Waals surface area contributed by atoms with Gasteiger partial charge in [-0.1, -0.05) is 18.2 Å². The molecule has 0 aliphatic carbocycles. The van der Waals surface area contributed by atoms with E-state index in [2.05, 4.69) is 15.6 Å². The summed E-state index contributed by atoms with van der Waals surface area (Å²) in [6.07, 6.45) is 2.74. The smallest absolute Gasteiger partial charge is 0.191 e. The highest BCUT2D eigenvalue weighted by Crippen LogP contribution is 2.08. The molecule has 6 heteroatoms. The van der Waals surface area contributed by atoms with Gasteiger partial charge in [-0.3, -0.25) is 4.99 Å². The van der Waals surface area contributed by atoms with Crippen molar-refractivity contribution in [3.05, 3.63) is 35.6 Å². The molecular formula is C18H28FN3O2. The van der Waals surface area contributed by atoms with Gasteiger partial charge in [0.05, 0.1) is 12.7 Å². The number of aliphatic imine (C=N–C) groups is 1. The predicted octanol–water partition coefficient (Wildman–Crippen LogP) is 2.12. The topological polar surface area (TPSA) is 54.9 Å². The van der Waals surface area contributed by atoms with Crippen molar-refractivity contribution in [3.63, 3.8) is 0 Å². The maximum atomic E-state index is 13.6. The van der Waals surface area contributed by atoms with Crippen LogP contribution in [0.5, 0.6) is 0 Å². The lowest BCUT2D eigenvalue weighted by molar-refractivity contribution is 0.0424. The molecule has 1 fully saturated rings. The summed E-state index contributed by atoms with van der Waals surface area (Å²) in [5.74, 6) is 0.604. The van der Waals surface area contributed by atoms with Crippen LogP contribution in [0.3, 0.4) is 0 Å². The van der Waals surface area contributed by atoms with Gasteiger partial charge in [0.1, 0.15) is 5.82 Å². The van der Waals surface area contributed by atoms with Gasteiger partial charge in [0.25, 0.3) is 0 Å². The molecule has 0 bridgehead atoms. The first-order valence-corrected chi connectivity index (χ1v) is 8.74. The van der Waals surface area contributed by atoms with Crippen molar-refractivity contribution >= 4 is 5.96 Å². The Hall–Kier alpha value is -1.66. The molecule has 1 aromatic rings. The maximum Gasteiger partial charge on any atom is 0.191 e. The Labute approximate surface area is 143 Å². The SMILES string of the molecule is CCNC(=NCCCOC1CCOC1)NCCc1ccccc1F. The summed E-state index contributed by atoms with van der Waals surface area (Å²) in [6, 6.07) is 6.86. The van der Waals surface area contributed by atoms with Crippen molar-refractivity contribution in [2.75, 3.05) is 39.5 Å². The van der Waals surface area contributed by atoms with E-state index < -0.39 is 0 Å². The van der Waals surface area contributed by atoms with Gasteiger partial charge in [-0.15, -0.1) is 0 Å². The van der Waals surface area contributed by atoms with E-state index in [4.69, 9.17) is 9.47 Å². The molecule has 1 heterocycles. The van der Waals surface area contributed by atoms with Crippen LogP contribution in [0.4, 0.5) is 4.39 Å². The summed E-state index contributed by atoms with van der Waals surface area (Å²) in [6.45, 7) is 6.37. The third-order valence-corrected chi connectivity index (χ3v) is 3.80. The molecule has 0 saturated carbocycles. The number of hydrogen-bond donors (Lipinski definition) is 2. The highest BCUT2D eigenvalue weighted by molar-refractivity contribution is 5.79. The minimum Gasteiger partial charge on any atom is -0.379 e. The van der Waals surface area contributed by atoms with E-state index in [0.717, 1.165) is 32.0 Å². The summed E-state index contributed by atoms with van der Waals surface area (Å²) in [4.78, 5) is 4.52. The van der Waals surface area contributed by atoms with Crippen LogP contribution in [-0.2, 0) is 15.9 Å². The Bertz CT molecular complexity index is 505. The number of ether oxygens (including phenoxy) is 2. The van der Waals surface area contributed by atoms with Crippen molar-refractivity contribution in [2.45, 2.75) is 32.3 Å². The molecule has 2 N–H and O–H groups in total. The van der Waals surface area contributed by atoms with Crippen molar-refractivity contribution < 1.29 is 13.9 Å². The average molecular weight is 337 g/mol. The first-order chi connectivity index (χ1) is 11.8. The number of benzene rings is 1. The minimum absolute atomic E-state index is 0.158. The van der Waals surface area contributed by atoms with Crippen LogP contribution in [0.2, 0.25) is 0 Å². The molecule has 24 heavy (non-hydrogen) atoms. The lowest BCUT2D eigenvalue weighted by atomic mass is 10.1. The molecule has 1 aromatic carbocycles. The van der Waals surface area contributed by atoms with E-state index in [0.29, 0.717) is 38.3 Å². The standard InChI is InChI=1S/C18H28FN3O2/c1-2-20-18(21-10-5-12-24-16-9-13-23-14-16)22-11-8-15-6-3-4-7-17(15)19/h3-4,6-7,16H,2,5,8-14H2,1H3,(H2,20,21,22). The van der Waals surface area contributed by atoms with E-state index in [1.165, 1.54) is 6.07 Å². The molecule has 0 amide bonds. The molecule has 0 aromatic heterocycles. The summed E-state index contributed by atoms with van der Waals surface area (Å²) < 4.78 is 24.6. The zero-order valence-electron chi connectivity index (χ0n) is 14.4. The number of halogens is 1. The van der Waals surface area contributed by atoms with Gasteiger partial charge in [0.15, 0.2) is 5.96 Å². The first-order valence-electron chi connectivity index (χ1n) is 8.74. The second-order valence-corrected chi connectivity index (χ2v) is 5.74. The molecule has 5 nitrogen and oxygen atoms in total. The van der Waals surface area contributed by atoms with E-state index in [1.807, 2.05) is 19.1 Å². The molecule has 1 aliphatic heterocycles. The largest absolute Gasteiger partial charge is 0.379 e. The predicted molar refractivity (Wildman–Crippen MR) is 93.9 cm³/mol. The Balaban J connectivity index is 1.65. The third-order valence-electron chi connectivity index (χ3n) is 3.80. The lowest BCUT2D eigenvalue weighted by Crippen LogP contribution is -2.38. The van der Waals surface area contributed by atoms with Gasteiger partial charge in [-0.25, -0.2) is 4.39 Å². The van der Waals surface area contributed by atoms with Crippen LogP contribution >= 0.6 is 0 Å². The molecule has 0 radical (unpaired) electrons. The first kappa shape index (κ1) is 18.7. The number of rotatable bonds is 9. The molecule has 1 saturated heterocycles. The number of nitrogens with zero attached hydrogens (tertiary/aromatic N) is 1. The minimum atomic E-state index is -0.158. The lowest BCUT2D eigenvalue weighted by Gasteiger charge is -2.12. The molecule has 1 unspecified atom stereocenters. The van der Waals surface area contributed by atoms with Crippen LogP contribution in [0, 0.1) is 5.82 Å². The number of nitrogens with one attached hydrogen (secondary N) is 2. The Morgan fingerprint density at radius 3 is 3.00 bits per heavy atom. The summed E-state index contributed by atoms with van der Waals surface area (Å²) >= 11 is 0. The summed E-state index contributed by atoms with van der Waals surface area (Å²) in [5.41, 5.74) is 0.716. The summed E-state index contributed by atoms with van der Waals surface area (Å²) in [5, 5.41) is 6.44. The number of hydrogen-bond acceptors (Lipinski definition) is 3. The normalized spacial score (nSPS) is 17.9. The van der Waals surface area contributed by atoms with Crippen LogP contribution in [-0.4, -0.2) is 51.5 Å². The fraction of sp³-hybridized carbons (Fsp3) is 0.611. The summed E-state index contributed by atoms with van der Waals surface area (Å²) in [7, 11) is 0. The fourth-order valence-electron chi connectivity index (χ4n) is 2.51. The van der Waals surface area contributed by atoms with Gasteiger partial charge in [0.2, 0.25) is 0 Å². The van der Waals surface area contributed by atoms with Crippen molar-refractivity contribution in [1.82, 2.24) is 10.6 Å². The second-order valence-electron chi connectivity index (χ2n) is 5.74. The Morgan fingerprint density at radius 2 is 2.25 bits per heavy atom. The van der Waals surface area contributed by atoms with Gasteiger partial charge in [0, 0.05) is 32.8 Å². The van der Waals surface area contributed by atoms with Gasteiger partial charge in [-0.05, 0) is 37.8 Å². The quantitative estimate of drug-likeness (QED) is 0.412. The fourth-order valence-corrected chi connectivity index (χ4v) is 2.51. The Morgan fingerprint density at radius 1 is 1.38 bits per heavy atom. The van der Waals surface area contributed by atoms with Crippen molar-refractivity contribution in [3.8, 4) is 0 Å². The van der Waals surface area contributed by atoms with E-state index in [9.17, 15) is 4.39 Å². The van der Waals surface area contributed by atoms with Gasteiger partial charge in [-0.2, -0.15) is 0 Å². The van der Waals surface area contributed by atoms with Crippen molar-refractivity contribution in [2.24, 2.45) is 4.99 Å². The number of guanidine groups is 1. The van der Waals surface area contributed by atoms with Crippen LogP contribution in [0.15, 0.2) is 29.3 Å². The molecule has 1 aliphatic rings. The molecule has 2 rings (SSSR count). The second kappa shape index (κ2) is 11.0. The van der Waals surface area contributed by atoms with E-state index in [-0.39, 0.29) is 11.9 Å². The average Bonchev–Trinajstić information content (AvgIpc) is 3.09.